The van der Waals surface area contributed by atoms with Crippen molar-refractivity contribution in [3.63, 3.8) is 0 Å². The number of aromatic nitrogens is 2. The van der Waals surface area contributed by atoms with Crippen molar-refractivity contribution in [2.45, 2.75) is 19.3 Å². The number of methoxy groups -OCH3 is 2. The van der Waals surface area contributed by atoms with E-state index < -0.39 is 5.92 Å². The first-order valence-electron chi connectivity index (χ1n) is 9.35. The first kappa shape index (κ1) is 20.0. The molecule has 0 saturated carbocycles. The van der Waals surface area contributed by atoms with E-state index in [4.69, 9.17) is 21.1 Å². The molecule has 1 amide bonds. The van der Waals surface area contributed by atoms with Gasteiger partial charge < -0.3 is 14.8 Å². The van der Waals surface area contributed by atoms with Gasteiger partial charge in [-0.15, -0.1) is 0 Å². The van der Waals surface area contributed by atoms with Crippen LogP contribution < -0.4 is 14.8 Å². The van der Waals surface area contributed by atoms with Crippen molar-refractivity contribution in [3.05, 3.63) is 64.3 Å². The van der Waals surface area contributed by atoms with Crippen molar-refractivity contribution in [2.24, 2.45) is 0 Å². The summed E-state index contributed by atoms with van der Waals surface area (Å²) in [6.07, 6.45) is 0.0369. The monoisotopic (exact) mass is 425 g/mol. The number of carbonyl (C=O) groups is 2. The number of Topliss-reactive ketones (excluding diaryl/α,β-unsaturated/α-hetero) is 1. The number of halogens is 1. The van der Waals surface area contributed by atoms with Gasteiger partial charge in [0, 0.05) is 17.5 Å². The van der Waals surface area contributed by atoms with Gasteiger partial charge in [0.1, 0.15) is 5.82 Å². The lowest BCUT2D eigenvalue weighted by Crippen LogP contribution is -2.28. The zero-order valence-corrected chi connectivity index (χ0v) is 17.5. The van der Waals surface area contributed by atoms with Crippen LogP contribution in [0, 0.1) is 6.92 Å². The average molecular weight is 426 g/mol. The Morgan fingerprint density at radius 3 is 2.60 bits per heavy atom. The Labute approximate surface area is 178 Å². The lowest BCUT2D eigenvalue weighted by molar-refractivity contribution is -0.116. The van der Waals surface area contributed by atoms with E-state index >= 15 is 0 Å². The van der Waals surface area contributed by atoms with E-state index in [-0.39, 0.29) is 18.1 Å². The molecule has 1 atom stereocenters. The Morgan fingerprint density at radius 2 is 1.90 bits per heavy atom. The molecule has 2 aromatic carbocycles. The predicted octanol–water partition coefficient (Wildman–Crippen LogP) is 4.16. The fourth-order valence-corrected chi connectivity index (χ4v) is 3.98. The van der Waals surface area contributed by atoms with Crippen LogP contribution in [-0.4, -0.2) is 35.7 Å². The molecule has 0 aliphatic carbocycles. The SMILES string of the molecule is COc1ccc(C(=O)C2CC(=O)Nc3c2c(C)nn3-c2ccccc2Cl)cc1OC. The summed E-state index contributed by atoms with van der Waals surface area (Å²) in [5.41, 5.74) is 2.41. The second kappa shape index (κ2) is 7.84. The molecular weight excluding hydrogens is 406 g/mol. The van der Waals surface area contributed by atoms with Crippen LogP contribution in [0.4, 0.5) is 5.82 Å². The van der Waals surface area contributed by atoms with Crippen molar-refractivity contribution < 1.29 is 19.1 Å². The van der Waals surface area contributed by atoms with Crippen LogP contribution in [0.5, 0.6) is 11.5 Å². The molecule has 0 saturated heterocycles. The summed E-state index contributed by atoms with van der Waals surface area (Å²) in [5, 5.41) is 7.92. The minimum Gasteiger partial charge on any atom is -0.493 e. The highest BCUT2D eigenvalue weighted by molar-refractivity contribution is 6.32. The van der Waals surface area contributed by atoms with E-state index in [9.17, 15) is 9.59 Å². The third-order valence-corrected chi connectivity index (χ3v) is 5.49. The largest absolute Gasteiger partial charge is 0.493 e. The first-order chi connectivity index (χ1) is 14.4. The summed E-state index contributed by atoms with van der Waals surface area (Å²) in [6.45, 7) is 1.82. The standard InChI is InChI=1S/C22H20ClN3O4/c1-12-20-14(21(28)13-8-9-17(29-2)18(10-13)30-3)11-19(27)24-22(20)26(25-12)16-7-5-4-6-15(16)23/h4-10,14H,11H2,1-3H3,(H,24,27). The van der Waals surface area contributed by atoms with E-state index in [0.717, 1.165) is 0 Å². The zero-order chi connectivity index (χ0) is 21.4. The molecule has 154 valence electrons. The Hall–Kier alpha value is -3.32. The number of hydrogen-bond acceptors (Lipinski definition) is 5. The highest BCUT2D eigenvalue weighted by Crippen LogP contribution is 2.40. The van der Waals surface area contributed by atoms with Crippen molar-refractivity contribution in [1.82, 2.24) is 9.78 Å². The van der Waals surface area contributed by atoms with Gasteiger partial charge in [-0.3, -0.25) is 9.59 Å². The number of benzene rings is 2. The Balaban J connectivity index is 1.81. The summed E-state index contributed by atoms with van der Waals surface area (Å²) in [6, 6.07) is 12.2. The second-order valence-electron chi connectivity index (χ2n) is 6.95. The zero-order valence-electron chi connectivity index (χ0n) is 16.7. The van der Waals surface area contributed by atoms with Crippen LogP contribution in [0.25, 0.3) is 5.69 Å². The predicted molar refractivity (Wildman–Crippen MR) is 113 cm³/mol. The first-order valence-corrected chi connectivity index (χ1v) is 9.73. The molecule has 1 aliphatic heterocycles. The quantitative estimate of drug-likeness (QED) is 0.620. The fraction of sp³-hybridized carbons (Fsp3) is 0.227. The summed E-state index contributed by atoms with van der Waals surface area (Å²) in [4.78, 5) is 25.9. The highest BCUT2D eigenvalue weighted by atomic mass is 35.5. The number of amides is 1. The van der Waals surface area contributed by atoms with E-state index in [1.807, 2.05) is 19.1 Å². The molecule has 3 aromatic rings. The van der Waals surface area contributed by atoms with Crippen LogP contribution in [0.2, 0.25) is 5.02 Å². The highest BCUT2D eigenvalue weighted by Gasteiger charge is 2.36. The Morgan fingerprint density at radius 1 is 1.17 bits per heavy atom. The third kappa shape index (κ3) is 3.31. The number of aryl methyl sites for hydroxylation is 1. The number of hydrogen-bond donors (Lipinski definition) is 1. The molecule has 1 aliphatic rings. The maximum atomic E-state index is 13.4. The van der Waals surface area contributed by atoms with Gasteiger partial charge in [0.25, 0.3) is 0 Å². The molecule has 0 bridgehead atoms. The number of nitrogens with one attached hydrogen (secondary N) is 1. The minimum absolute atomic E-state index is 0.0369. The molecule has 1 aromatic heterocycles. The molecule has 30 heavy (non-hydrogen) atoms. The molecule has 0 radical (unpaired) electrons. The molecule has 1 unspecified atom stereocenters. The summed E-state index contributed by atoms with van der Waals surface area (Å²) < 4.78 is 12.1. The van der Waals surface area contributed by atoms with Gasteiger partial charge in [0.15, 0.2) is 17.3 Å². The summed E-state index contributed by atoms with van der Waals surface area (Å²) in [7, 11) is 3.04. The van der Waals surface area contributed by atoms with Gasteiger partial charge in [-0.1, -0.05) is 23.7 Å². The van der Waals surface area contributed by atoms with Gasteiger partial charge in [-0.05, 0) is 37.3 Å². The van der Waals surface area contributed by atoms with E-state index in [2.05, 4.69) is 10.4 Å². The van der Waals surface area contributed by atoms with Crippen molar-refractivity contribution in [2.75, 3.05) is 19.5 Å². The molecule has 0 fully saturated rings. The number of fused-ring (bicyclic) bond motifs is 1. The number of carbonyl (C=O) groups excluding carboxylic acids is 2. The molecule has 8 heteroatoms. The normalized spacial score (nSPS) is 15.3. The molecular formula is C22H20ClN3O4. The van der Waals surface area contributed by atoms with Crippen LogP contribution >= 0.6 is 11.6 Å². The van der Waals surface area contributed by atoms with Crippen LogP contribution in [0.1, 0.15) is 34.0 Å². The summed E-state index contributed by atoms with van der Waals surface area (Å²) >= 11 is 6.34. The lowest BCUT2D eigenvalue weighted by Gasteiger charge is -2.23. The molecule has 0 spiro atoms. The topological polar surface area (TPSA) is 82.5 Å². The maximum Gasteiger partial charge on any atom is 0.226 e. The van der Waals surface area contributed by atoms with Crippen molar-refractivity contribution in [3.8, 4) is 17.2 Å². The molecule has 1 N–H and O–H groups in total. The van der Waals surface area contributed by atoms with Gasteiger partial charge in [-0.2, -0.15) is 5.10 Å². The number of anilines is 1. The van der Waals surface area contributed by atoms with Gasteiger partial charge in [0.2, 0.25) is 5.91 Å². The lowest BCUT2D eigenvalue weighted by atomic mass is 9.85. The fourth-order valence-electron chi connectivity index (χ4n) is 3.76. The number of ketones is 1. The van der Waals surface area contributed by atoms with Gasteiger partial charge in [-0.25, -0.2) is 4.68 Å². The summed E-state index contributed by atoms with van der Waals surface area (Å²) in [5.74, 6) is 0.341. The van der Waals surface area contributed by atoms with Crippen LogP contribution in [-0.2, 0) is 4.79 Å². The van der Waals surface area contributed by atoms with E-state index in [0.29, 0.717) is 44.8 Å². The van der Waals surface area contributed by atoms with Crippen LogP contribution in [0.3, 0.4) is 0 Å². The van der Waals surface area contributed by atoms with E-state index in [1.165, 1.54) is 14.2 Å². The van der Waals surface area contributed by atoms with E-state index in [1.54, 1.807) is 35.0 Å². The molecule has 7 nitrogen and oxygen atoms in total. The number of rotatable bonds is 5. The van der Waals surface area contributed by atoms with Gasteiger partial charge in [0.05, 0.1) is 36.5 Å². The number of ether oxygens (including phenoxy) is 2. The molecule has 4 rings (SSSR count). The number of nitrogens with zero attached hydrogens (tertiary/aromatic N) is 2. The van der Waals surface area contributed by atoms with Crippen LogP contribution in [0.15, 0.2) is 42.5 Å². The third-order valence-electron chi connectivity index (χ3n) is 5.17. The van der Waals surface area contributed by atoms with Gasteiger partial charge >= 0.3 is 0 Å². The average Bonchev–Trinajstić information content (AvgIpc) is 3.08. The number of para-hydroxylation sites is 1. The smallest absolute Gasteiger partial charge is 0.226 e. The molecule has 2 heterocycles. The second-order valence-corrected chi connectivity index (χ2v) is 7.36. The van der Waals surface area contributed by atoms with Crippen molar-refractivity contribution >= 4 is 29.1 Å². The Kier molecular flexibility index (Phi) is 5.22. The maximum absolute atomic E-state index is 13.4. The minimum atomic E-state index is -0.664. The Bertz CT molecular complexity index is 1160. The van der Waals surface area contributed by atoms with Crippen molar-refractivity contribution in [1.29, 1.82) is 0 Å².